The zero-order valence-corrected chi connectivity index (χ0v) is 10.2. The monoisotopic (exact) mass is 236 g/mol. The molecule has 0 bridgehead atoms. The Kier molecular flexibility index (Phi) is 3.56. The lowest BCUT2D eigenvalue weighted by molar-refractivity contribution is 0.0650. The third-order valence-electron chi connectivity index (χ3n) is 2.32. The summed E-state index contributed by atoms with van der Waals surface area (Å²) in [6.45, 7) is 5.93. The fourth-order valence-corrected chi connectivity index (χ4v) is 1.75. The first-order chi connectivity index (χ1) is 7.72. The molecule has 2 N–H and O–H groups in total. The Labute approximate surface area is 99.9 Å². The maximum Gasteiger partial charge on any atom is 0.336 e. The van der Waals surface area contributed by atoms with Gasteiger partial charge in [-0.2, -0.15) is 0 Å². The molecule has 92 valence electrons. The lowest BCUT2D eigenvalue weighted by Gasteiger charge is -2.20. The summed E-state index contributed by atoms with van der Waals surface area (Å²) in [6, 6.07) is 4.57. The number of rotatable bonds is 3. The fourth-order valence-electron chi connectivity index (χ4n) is 1.75. The summed E-state index contributed by atoms with van der Waals surface area (Å²) in [5.74, 6) is -2.40. The molecule has 0 aliphatic rings. The molecule has 0 fully saturated rings. The average molecular weight is 236 g/mol. The highest BCUT2D eigenvalue weighted by molar-refractivity contribution is 6.02. The van der Waals surface area contributed by atoms with Crippen molar-refractivity contribution in [1.29, 1.82) is 0 Å². The first-order valence-electron chi connectivity index (χ1n) is 5.31. The molecule has 4 nitrogen and oxygen atoms in total. The van der Waals surface area contributed by atoms with Crippen LogP contribution in [-0.4, -0.2) is 22.2 Å². The predicted molar refractivity (Wildman–Crippen MR) is 63.5 cm³/mol. The van der Waals surface area contributed by atoms with Gasteiger partial charge in [0.2, 0.25) is 0 Å². The molecule has 0 atom stereocenters. The van der Waals surface area contributed by atoms with Crippen molar-refractivity contribution in [1.82, 2.24) is 0 Å². The van der Waals surface area contributed by atoms with Gasteiger partial charge in [0.05, 0.1) is 11.1 Å². The second-order valence-electron chi connectivity index (χ2n) is 5.19. The van der Waals surface area contributed by atoms with Gasteiger partial charge in [0.15, 0.2) is 0 Å². The van der Waals surface area contributed by atoms with E-state index in [0.717, 1.165) is 0 Å². The number of carboxylic acids is 2. The first-order valence-corrected chi connectivity index (χ1v) is 5.31. The summed E-state index contributed by atoms with van der Waals surface area (Å²) < 4.78 is 0. The topological polar surface area (TPSA) is 74.6 Å². The quantitative estimate of drug-likeness (QED) is 0.846. The molecule has 1 aromatic carbocycles. The van der Waals surface area contributed by atoms with Crippen LogP contribution in [0.5, 0.6) is 0 Å². The Morgan fingerprint density at radius 2 is 1.71 bits per heavy atom. The molecule has 0 aliphatic carbocycles. The highest BCUT2D eigenvalue weighted by atomic mass is 16.4. The summed E-state index contributed by atoms with van der Waals surface area (Å²) in [6.07, 6.45) is 0.524. The van der Waals surface area contributed by atoms with Gasteiger partial charge in [0.1, 0.15) is 0 Å². The van der Waals surface area contributed by atoms with Crippen LogP contribution >= 0.6 is 0 Å². The maximum absolute atomic E-state index is 11.2. The van der Waals surface area contributed by atoms with Crippen LogP contribution in [-0.2, 0) is 6.42 Å². The van der Waals surface area contributed by atoms with Crippen LogP contribution in [0.3, 0.4) is 0 Å². The number of hydrogen-bond acceptors (Lipinski definition) is 2. The van der Waals surface area contributed by atoms with E-state index in [-0.39, 0.29) is 16.5 Å². The van der Waals surface area contributed by atoms with Crippen LogP contribution in [0, 0.1) is 5.41 Å². The molecule has 1 rings (SSSR count). The normalized spacial score (nSPS) is 11.2. The van der Waals surface area contributed by atoms with Crippen LogP contribution in [0.25, 0.3) is 0 Å². The van der Waals surface area contributed by atoms with Crippen molar-refractivity contribution in [2.24, 2.45) is 5.41 Å². The molecule has 17 heavy (non-hydrogen) atoms. The minimum atomic E-state index is -1.21. The summed E-state index contributed by atoms with van der Waals surface area (Å²) in [5, 5.41) is 18.1. The van der Waals surface area contributed by atoms with Crippen molar-refractivity contribution in [3.05, 3.63) is 34.9 Å². The minimum Gasteiger partial charge on any atom is -0.478 e. The van der Waals surface area contributed by atoms with Crippen molar-refractivity contribution in [3.63, 3.8) is 0 Å². The Morgan fingerprint density at radius 3 is 2.12 bits per heavy atom. The van der Waals surface area contributed by atoms with E-state index in [1.54, 1.807) is 12.1 Å². The minimum absolute atomic E-state index is 0.0959. The van der Waals surface area contributed by atoms with Crippen LogP contribution < -0.4 is 0 Å². The number of carboxylic acid groups (broad SMARTS) is 2. The summed E-state index contributed by atoms with van der Waals surface area (Å²) in [5.41, 5.74) is 0.209. The van der Waals surface area contributed by atoms with E-state index in [2.05, 4.69) is 0 Å². The third kappa shape index (κ3) is 3.31. The molecule has 0 spiro atoms. The molecule has 1 aromatic rings. The SMILES string of the molecule is CC(C)(C)Cc1cccc(C(=O)O)c1C(=O)O. The Hall–Kier alpha value is -1.84. The molecule has 0 amide bonds. The highest BCUT2D eigenvalue weighted by Crippen LogP contribution is 2.25. The van der Waals surface area contributed by atoms with Crippen LogP contribution in [0.4, 0.5) is 0 Å². The van der Waals surface area contributed by atoms with Crippen LogP contribution in [0.2, 0.25) is 0 Å². The number of hydrogen-bond donors (Lipinski definition) is 2. The van der Waals surface area contributed by atoms with Crippen molar-refractivity contribution in [2.75, 3.05) is 0 Å². The van der Waals surface area contributed by atoms with Gasteiger partial charge in [-0.15, -0.1) is 0 Å². The zero-order valence-electron chi connectivity index (χ0n) is 10.2. The van der Waals surface area contributed by atoms with Gasteiger partial charge < -0.3 is 10.2 Å². The van der Waals surface area contributed by atoms with E-state index < -0.39 is 11.9 Å². The molecule has 0 saturated heterocycles. The average Bonchev–Trinajstić information content (AvgIpc) is 2.14. The van der Waals surface area contributed by atoms with Gasteiger partial charge in [-0.1, -0.05) is 32.9 Å². The van der Waals surface area contributed by atoms with E-state index >= 15 is 0 Å². The van der Waals surface area contributed by atoms with Crippen molar-refractivity contribution in [2.45, 2.75) is 27.2 Å². The van der Waals surface area contributed by atoms with Gasteiger partial charge >= 0.3 is 11.9 Å². The van der Waals surface area contributed by atoms with Crippen LogP contribution in [0.15, 0.2) is 18.2 Å². The van der Waals surface area contributed by atoms with Crippen molar-refractivity contribution < 1.29 is 19.8 Å². The molecular formula is C13H16O4. The predicted octanol–water partition coefficient (Wildman–Crippen LogP) is 2.67. The second kappa shape index (κ2) is 4.57. The van der Waals surface area contributed by atoms with E-state index in [1.165, 1.54) is 6.07 Å². The summed E-state index contributed by atoms with van der Waals surface area (Å²) in [4.78, 5) is 22.2. The fraction of sp³-hybridized carbons (Fsp3) is 0.385. The van der Waals surface area contributed by atoms with Gasteiger partial charge in [0, 0.05) is 0 Å². The number of benzene rings is 1. The van der Waals surface area contributed by atoms with E-state index in [4.69, 9.17) is 10.2 Å². The number of carbonyl (C=O) groups is 2. The largest absolute Gasteiger partial charge is 0.478 e. The molecule has 0 radical (unpaired) electrons. The smallest absolute Gasteiger partial charge is 0.336 e. The van der Waals surface area contributed by atoms with E-state index in [9.17, 15) is 9.59 Å². The standard InChI is InChI=1S/C13H16O4/c1-13(2,3)7-8-5-4-6-9(11(14)15)10(8)12(16)17/h4-6H,7H2,1-3H3,(H,14,15)(H,16,17). The van der Waals surface area contributed by atoms with Crippen LogP contribution in [0.1, 0.15) is 47.1 Å². The molecule has 0 unspecified atom stereocenters. The summed E-state index contributed by atoms with van der Waals surface area (Å²) in [7, 11) is 0. The Morgan fingerprint density at radius 1 is 1.12 bits per heavy atom. The van der Waals surface area contributed by atoms with E-state index in [1.807, 2.05) is 20.8 Å². The Balaban J connectivity index is 3.35. The Bertz CT molecular complexity index is 455. The van der Waals surface area contributed by atoms with Crippen molar-refractivity contribution in [3.8, 4) is 0 Å². The third-order valence-corrected chi connectivity index (χ3v) is 2.32. The molecule has 0 aliphatic heterocycles. The lowest BCUT2D eigenvalue weighted by Crippen LogP contribution is -2.16. The first kappa shape index (κ1) is 13.2. The van der Waals surface area contributed by atoms with Gasteiger partial charge in [0.25, 0.3) is 0 Å². The highest BCUT2D eigenvalue weighted by Gasteiger charge is 2.22. The molecule has 0 saturated carbocycles. The molecule has 0 heterocycles. The molecule has 0 aromatic heterocycles. The zero-order chi connectivity index (χ0) is 13.2. The number of aromatic carboxylic acids is 2. The molecule has 4 heteroatoms. The van der Waals surface area contributed by atoms with Gasteiger partial charge in [-0.25, -0.2) is 9.59 Å². The van der Waals surface area contributed by atoms with Crippen molar-refractivity contribution >= 4 is 11.9 Å². The molecular weight excluding hydrogens is 220 g/mol. The maximum atomic E-state index is 11.2. The van der Waals surface area contributed by atoms with E-state index in [0.29, 0.717) is 12.0 Å². The lowest BCUT2D eigenvalue weighted by atomic mass is 9.85. The second-order valence-corrected chi connectivity index (χ2v) is 5.19. The summed E-state index contributed by atoms with van der Waals surface area (Å²) >= 11 is 0. The van der Waals surface area contributed by atoms with Gasteiger partial charge in [-0.05, 0) is 23.5 Å². The van der Waals surface area contributed by atoms with Gasteiger partial charge in [-0.3, -0.25) is 0 Å².